The highest BCUT2D eigenvalue weighted by molar-refractivity contribution is 7.88. The van der Waals surface area contributed by atoms with E-state index in [4.69, 9.17) is 0 Å². The van der Waals surface area contributed by atoms with Gasteiger partial charge in [-0.2, -0.15) is 0 Å². The molecule has 1 saturated heterocycles. The van der Waals surface area contributed by atoms with Gasteiger partial charge in [0.15, 0.2) is 0 Å². The zero-order valence-electron chi connectivity index (χ0n) is 10.8. The minimum atomic E-state index is -3.15. The molecule has 1 aliphatic heterocycles. The van der Waals surface area contributed by atoms with Crippen LogP contribution in [-0.4, -0.2) is 48.2 Å². The van der Waals surface area contributed by atoms with Crippen molar-refractivity contribution in [2.45, 2.75) is 19.8 Å². The van der Waals surface area contributed by atoms with Crippen molar-refractivity contribution in [3.8, 4) is 0 Å². The predicted molar refractivity (Wildman–Crippen MR) is 72.4 cm³/mol. The van der Waals surface area contributed by atoms with Crippen LogP contribution in [0.2, 0.25) is 0 Å². The summed E-state index contributed by atoms with van der Waals surface area (Å²) in [5.41, 5.74) is 0. The Hall–Kier alpha value is -1.06. The third kappa shape index (κ3) is 3.71. The lowest BCUT2D eigenvalue weighted by atomic mass is 9.97. The van der Waals surface area contributed by atoms with Crippen LogP contribution in [0.15, 0.2) is 0 Å². The number of anilines is 1. The number of aryl methyl sites for hydroxylation is 1. The molecule has 9 heteroatoms. The third-order valence-corrected chi connectivity index (χ3v) is 5.11. The molecule has 0 bridgehead atoms. The fraction of sp³-hybridized carbons (Fsp3) is 0.700. The first-order valence-electron chi connectivity index (χ1n) is 5.92. The van der Waals surface area contributed by atoms with Crippen LogP contribution < -0.4 is 5.32 Å². The van der Waals surface area contributed by atoms with Gasteiger partial charge in [0.1, 0.15) is 5.01 Å². The van der Waals surface area contributed by atoms with Crippen LogP contribution in [0, 0.1) is 12.8 Å². The SMILES string of the molecule is Cc1nnc(NC(=O)C2CCN(S(C)(=O)=O)CC2)s1. The van der Waals surface area contributed by atoms with Crippen LogP contribution in [0.1, 0.15) is 17.8 Å². The first-order valence-corrected chi connectivity index (χ1v) is 8.59. The van der Waals surface area contributed by atoms with Crippen LogP contribution >= 0.6 is 11.3 Å². The van der Waals surface area contributed by atoms with Gasteiger partial charge in [0.25, 0.3) is 0 Å². The number of piperidine rings is 1. The molecular weight excluding hydrogens is 288 g/mol. The number of hydrogen-bond donors (Lipinski definition) is 1. The average Bonchev–Trinajstić information content (AvgIpc) is 2.74. The van der Waals surface area contributed by atoms with Crippen LogP contribution in [0.25, 0.3) is 0 Å². The topological polar surface area (TPSA) is 92.3 Å². The van der Waals surface area contributed by atoms with Gasteiger partial charge in [-0.1, -0.05) is 11.3 Å². The quantitative estimate of drug-likeness (QED) is 0.875. The van der Waals surface area contributed by atoms with Crippen molar-refractivity contribution in [1.29, 1.82) is 0 Å². The summed E-state index contributed by atoms with van der Waals surface area (Å²) in [7, 11) is -3.15. The van der Waals surface area contributed by atoms with Crippen LogP contribution in [0.5, 0.6) is 0 Å². The standard InChI is InChI=1S/C10H16N4O3S2/c1-7-12-13-10(18-7)11-9(15)8-3-5-14(6-4-8)19(2,16)17/h8H,3-6H2,1-2H3,(H,11,13,15). The van der Waals surface area contributed by atoms with Gasteiger partial charge < -0.3 is 5.32 Å². The molecule has 19 heavy (non-hydrogen) atoms. The van der Waals surface area contributed by atoms with Crippen molar-refractivity contribution in [1.82, 2.24) is 14.5 Å². The zero-order chi connectivity index (χ0) is 14.0. The normalized spacial score (nSPS) is 18.4. The van der Waals surface area contributed by atoms with Crippen LogP contribution in [0.3, 0.4) is 0 Å². The molecule has 0 atom stereocenters. The third-order valence-electron chi connectivity index (χ3n) is 3.05. The Morgan fingerprint density at radius 3 is 2.47 bits per heavy atom. The molecule has 106 valence electrons. The molecule has 1 N–H and O–H groups in total. The van der Waals surface area contributed by atoms with E-state index in [1.807, 2.05) is 6.92 Å². The highest BCUT2D eigenvalue weighted by Crippen LogP contribution is 2.22. The second-order valence-corrected chi connectivity index (χ2v) is 7.72. The Labute approximate surface area is 116 Å². The minimum Gasteiger partial charge on any atom is -0.300 e. The average molecular weight is 304 g/mol. The molecule has 7 nitrogen and oxygen atoms in total. The molecule has 1 aliphatic rings. The lowest BCUT2D eigenvalue weighted by Gasteiger charge is -2.29. The molecule has 2 heterocycles. The number of amides is 1. The number of carbonyl (C=O) groups is 1. The molecule has 1 aromatic heterocycles. The molecule has 0 radical (unpaired) electrons. The molecule has 0 unspecified atom stereocenters. The van der Waals surface area contributed by atoms with Crippen LogP contribution in [-0.2, 0) is 14.8 Å². The van der Waals surface area contributed by atoms with Gasteiger partial charge in [-0.25, -0.2) is 12.7 Å². The maximum Gasteiger partial charge on any atom is 0.229 e. The second kappa shape index (κ2) is 5.51. The summed E-state index contributed by atoms with van der Waals surface area (Å²) in [4.78, 5) is 12.0. The highest BCUT2D eigenvalue weighted by atomic mass is 32.2. The number of rotatable bonds is 3. The van der Waals surface area contributed by atoms with E-state index in [9.17, 15) is 13.2 Å². The zero-order valence-corrected chi connectivity index (χ0v) is 12.4. The van der Waals surface area contributed by atoms with E-state index in [0.29, 0.717) is 31.1 Å². The fourth-order valence-corrected chi connectivity index (χ4v) is 3.47. The second-order valence-electron chi connectivity index (χ2n) is 4.55. The van der Waals surface area contributed by atoms with E-state index in [2.05, 4.69) is 15.5 Å². The van der Waals surface area contributed by atoms with E-state index < -0.39 is 10.0 Å². The summed E-state index contributed by atoms with van der Waals surface area (Å²) in [5, 5.41) is 11.7. The van der Waals surface area contributed by atoms with E-state index in [1.165, 1.54) is 21.9 Å². The predicted octanol–water partition coefficient (Wildman–Crippen LogP) is 0.457. The molecule has 2 rings (SSSR count). The first-order chi connectivity index (χ1) is 8.86. The van der Waals surface area contributed by atoms with Gasteiger partial charge in [-0.05, 0) is 19.8 Å². The van der Waals surface area contributed by atoms with Crippen molar-refractivity contribution in [3.05, 3.63) is 5.01 Å². The Morgan fingerprint density at radius 1 is 1.37 bits per heavy atom. The number of hydrogen-bond acceptors (Lipinski definition) is 6. The minimum absolute atomic E-state index is 0.107. The Balaban J connectivity index is 1.89. The van der Waals surface area contributed by atoms with Crippen molar-refractivity contribution in [2.75, 3.05) is 24.7 Å². The van der Waals surface area contributed by atoms with Gasteiger partial charge in [0.2, 0.25) is 21.1 Å². The van der Waals surface area contributed by atoms with Gasteiger partial charge in [0.05, 0.1) is 6.26 Å². The monoisotopic (exact) mass is 304 g/mol. The molecule has 0 aliphatic carbocycles. The van der Waals surface area contributed by atoms with E-state index in [-0.39, 0.29) is 11.8 Å². The smallest absolute Gasteiger partial charge is 0.229 e. The van der Waals surface area contributed by atoms with Gasteiger partial charge in [-0.15, -0.1) is 10.2 Å². The first kappa shape index (κ1) is 14.4. The van der Waals surface area contributed by atoms with Crippen LogP contribution in [0.4, 0.5) is 5.13 Å². The van der Waals surface area contributed by atoms with Gasteiger partial charge in [0, 0.05) is 19.0 Å². The Kier molecular flexibility index (Phi) is 4.16. The van der Waals surface area contributed by atoms with E-state index in [0.717, 1.165) is 5.01 Å². The maximum atomic E-state index is 12.0. The van der Waals surface area contributed by atoms with E-state index in [1.54, 1.807) is 0 Å². The largest absolute Gasteiger partial charge is 0.300 e. The van der Waals surface area contributed by atoms with Gasteiger partial charge >= 0.3 is 0 Å². The number of carbonyl (C=O) groups excluding carboxylic acids is 1. The summed E-state index contributed by atoms with van der Waals surface area (Å²) >= 11 is 1.32. The molecular formula is C10H16N4O3S2. The lowest BCUT2D eigenvalue weighted by Crippen LogP contribution is -2.40. The summed E-state index contributed by atoms with van der Waals surface area (Å²) in [5.74, 6) is -0.272. The molecule has 0 aromatic carbocycles. The number of sulfonamides is 1. The molecule has 1 aromatic rings. The Bertz CT molecular complexity index is 561. The van der Waals surface area contributed by atoms with Gasteiger partial charge in [-0.3, -0.25) is 4.79 Å². The van der Waals surface area contributed by atoms with Crippen molar-refractivity contribution in [3.63, 3.8) is 0 Å². The van der Waals surface area contributed by atoms with Crippen molar-refractivity contribution < 1.29 is 13.2 Å². The lowest BCUT2D eigenvalue weighted by molar-refractivity contribution is -0.120. The van der Waals surface area contributed by atoms with E-state index >= 15 is 0 Å². The molecule has 1 amide bonds. The number of aromatic nitrogens is 2. The maximum absolute atomic E-state index is 12.0. The summed E-state index contributed by atoms with van der Waals surface area (Å²) in [6, 6.07) is 0. The number of nitrogens with zero attached hydrogens (tertiary/aromatic N) is 3. The Morgan fingerprint density at radius 2 is 2.00 bits per heavy atom. The van der Waals surface area contributed by atoms with Crippen molar-refractivity contribution in [2.24, 2.45) is 5.92 Å². The summed E-state index contributed by atoms with van der Waals surface area (Å²) in [6.45, 7) is 2.61. The molecule has 0 spiro atoms. The molecule has 1 fully saturated rings. The summed E-state index contributed by atoms with van der Waals surface area (Å²) < 4.78 is 24.1. The van der Waals surface area contributed by atoms with Crippen molar-refractivity contribution >= 4 is 32.4 Å². The fourth-order valence-electron chi connectivity index (χ4n) is 2.00. The summed E-state index contributed by atoms with van der Waals surface area (Å²) in [6.07, 6.45) is 2.27. The number of nitrogens with one attached hydrogen (secondary N) is 1. The highest BCUT2D eigenvalue weighted by Gasteiger charge is 2.29. The molecule has 0 saturated carbocycles.